The van der Waals surface area contributed by atoms with Gasteiger partial charge < -0.3 is 20.1 Å². The summed E-state index contributed by atoms with van der Waals surface area (Å²) >= 11 is 1.11. The minimum atomic E-state index is -1.05. The average molecular weight is 401 g/mol. The Kier molecular flexibility index (Phi) is 6.64. The van der Waals surface area contributed by atoms with E-state index in [2.05, 4.69) is 0 Å². The van der Waals surface area contributed by atoms with Crippen LogP contribution in [0.1, 0.15) is 30.6 Å². The summed E-state index contributed by atoms with van der Waals surface area (Å²) in [6.45, 7) is 1.44. The largest absolute Gasteiger partial charge is 0.394 e. The second-order valence-electron chi connectivity index (χ2n) is 6.85. The van der Waals surface area contributed by atoms with Crippen LogP contribution < -0.4 is 0 Å². The van der Waals surface area contributed by atoms with E-state index in [0.717, 1.165) is 34.0 Å². The van der Waals surface area contributed by atoms with Crippen molar-refractivity contribution in [2.75, 3.05) is 6.61 Å². The van der Waals surface area contributed by atoms with E-state index in [1.165, 1.54) is 0 Å². The Morgan fingerprint density at radius 1 is 1.11 bits per heavy atom. The first kappa shape index (κ1) is 20.7. The Bertz CT molecular complexity index is 856. The van der Waals surface area contributed by atoms with Crippen molar-refractivity contribution in [3.05, 3.63) is 59.7 Å². The van der Waals surface area contributed by atoms with Crippen LogP contribution in [0.5, 0.6) is 0 Å². The summed E-state index contributed by atoms with van der Waals surface area (Å²) in [5.41, 5.74) is 3.34. The minimum absolute atomic E-state index is 0.203. The molecule has 0 saturated carbocycles. The summed E-state index contributed by atoms with van der Waals surface area (Å²) in [6.07, 6.45) is -3.01. The molecule has 0 aliphatic carbocycles. The molecule has 1 aliphatic rings. The lowest BCUT2D eigenvalue weighted by Gasteiger charge is -2.37. The molecule has 3 unspecified atom stereocenters. The third-order valence-corrected chi connectivity index (χ3v) is 5.45. The van der Waals surface area contributed by atoms with Crippen molar-refractivity contribution in [3.8, 4) is 11.1 Å². The maximum Gasteiger partial charge on any atom is 0.111 e. The molecule has 148 valence electrons. The first-order chi connectivity index (χ1) is 13.4. The molecule has 0 radical (unpaired) electrons. The number of hydrogen-bond donors (Lipinski definition) is 5. The van der Waals surface area contributed by atoms with Gasteiger partial charge in [-0.2, -0.15) is 0 Å². The Balaban J connectivity index is 1.83. The van der Waals surface area contributed by atoms with Gasteiger partial charge in [-0.1, -0.05) is 54.2 Å². The summed E-state index contributed by atoms with van der Waals surface area (Å²) in [5.74, 6) is 0. The van der Waals surface area contributed by atoms with E-state index in [1.807, 2.05) is 48.5 Å². The molecule has 6 nitrogen and oxygen atoms in total. The zero-order valence-corrected chi connectivity index (χ0v) is 16.3. The van der Waals surface area contributed by atoms with Crippen LogP contribution in [0.3, 0.4) is 0 Å². The van der Waals surface area contributed by atoms with Crippen molar-refractivity contribution in [1.82, 2.24) is 0 Å². The fraction of sp³-hybridized carbons (Fsp3) is 0.333. The van der Waals surface area contributed by atoms with E-state index < -0.39 is 24.4 Å². The average Bonchev–Trinajstić information content (AvgIpc) is 2.69. The van der Waals surface area contributed by atoms with Crippen LogP contribution in [-0.4, -0.2) is 50.3 Å². The van der Waals surface area contributed by atoms with Gasteiger partial charge in [0.2, 0.25) is 0 Å². The summed E-state index contributed by atoms with van der Waals surface area (Å²) in [5, 5.41) is 46.0. The second-order valence-corrected chi connectivity index (χ2v) is 8.07. The molecule has 1 fully saturated rings. The normalized spacial score (nSPS) is 24.7. The van der Waals surface area contributed by atoms with Crippen molar-refractivity contribution in [2.45, 2.75) is 37.8 Å². The van der Waals surface area contributed by atoms with Crippen molar-refractivity contribution < 1.29 is 20.1 Å². The molecule has 1 heterocycles. The standard InChI is InChI=1S/C21H24N2O4S/c1-12(22)28-21(23)14-7-5-13(6-8-14)15-3-2-4-16(9-15)20-19(26)18(25)10-17(11-24)27-20/h2-9,17-20,22-26H,10-11H2,1H3/t17?,18?,19?,20-/m1/s1. The van der Waals surface area contributed by atoms with Gasteiger partial charge in [0.05, 0.1) is 23.9 Å². The SMILES string of the molecule is CC(=N)SC(=N)c1ccc(-c2cccc([C@H]3OC(CO)CC(O)C3O)c2)cc1. The van der Waals surface area contributed by atoms with Crippen LogP contribution in [0, 0.1) is 10.8 Å². The van der Waals surface area contributed by atoms with Crippen LogP contribution in [-0.2, 0) is 4.74 Å². The highest BCUT2D eigenvalue weighted by Crippen LogP contribution is 2.34. The Labute approximate surface area is 168 Å². The van der Waals surface area contributed by atoms with Crippen molar-refractivity contribution in [1.29, 1.82) is 10.8 Å². The first-order valence-electron chi connectivity index (χ1n) is 9.04. The molecule has 1 saturated heterocycles. The molecule has 3 rings (SSSR count). The number of nitrogens with one attached hydrogen (secondary N) is 2. The van der Waals surface area contributed by atoms with Crippen molar-refractivity contribution in [2.24, 2.45) is 0 Å². The van der Waals surface area contributed by atoms with Gasteiger partial charge >= 0.3 is 0 Å². The Morgan fingerprint density at radius 3 is 2.46 bits per heavy atom. The van der Waals surface area contributed by atoms with E-state index >= 15 is 0 Å². The van der Waals surface area contributed by atoms with Gasteiger partial charge in [-0.05, 0) is 29.7 Å². The van der Waals surface area contributed by atoms with Gasteiger partial charge in [-0.25, -0.2) is 0 Å². The molecule has 28 heavy (non-hydrogen) atoms. The number of rotatable bonds is 4. The zero-order valence-electron chi connectivity index (χ0n) is 15.5. The minimum Gasteiger partial charge on any atom is -0.394 e. The summed E-state index contributed by atoms with van der Waals surface area (Å²) in [7, 11) is 0. The maximum atomic E-state index is 10.3. The van der Waals surface area contributed by atoms with Crippen LogP contribution in [0.2, 0.25) is 0 Å². The fourth-order valence-corrected chi connectivity index (χ4v) is 3.83. The first-order valence-corrected chi connectivity index (χ1v) is 9.85. The van der Waals surface area contributed by atoms with Crippen molar-refractivity contribution >= 4 is 21.8 Å². The monoisotopic (exact) mass is 400 g/mol. The molecule has 5 N–H and O–H groups in total. The summed E-state index contributed by atoms with van der Waals surface area (Å²) in [6, 6.07) is 15.0. The van der Waals surface area contributed by atoms with Crippen LogP contribution in [0.25, 0.3) is 11.1 Å². The van der Waals surface area contributed by atoms with Crippen LogP contribution in [0.15, 0.2) is 48.5 Å². The number of aliphatic hydroxyl groups is 3. The van der Waals surface area contributed by atoms with Crippen LogP contribution >= 0.6 is 11.8 Å². The lowest BCUT2D eigenvalue weighted by molar-refractivity contribution is -0.179. The highest BCUT2D eigenvalue weighted by Gasteiger charge is 2.37. The van der Waals surface area contributed by atoms with E-state index in [1.54, 1.807) is 6.92 Å². The predicted molar refractivity (Wildman–Crippen MR) is 111 cm³/mol. The molecule has 0 spiro atoms. The number of aliphatic hydroxyl groups excluding tert-OH is 3. The van der Waals surface area contributed by atoms with E-state index in [-0.39, 0.29) is 13.0 Å². The smallest absolute Gasteiger partial charge is 0.111 e. The predicted octanol–water partition coefficient (Wildman–Crippen LogP) is 2.95. The third kappa shape index (κ3) is 4.68. The highest BCUT2D eigenvalue weighted by atomic mass is 32.2. The van der Waals surface area contributed by atoms with Crippen molar-refractivity contribution in [3.63, 3.8) is 0 Å². The number of ether oxygens (including phenoxy) is 1. The van der Waals surface area contributed by atoms with Gasteiger partial charge in [0.25, 0.3) is 0 Å². The molecule has 7 heteroatoms. The second kappa shape index (κ2) is 8.98. The molecule has 0 aromatic heterocycles. The van der Waals surface area contributed by atoms with Gasteiger partial charge in [-0.3, -0.25) is 10.8 Å². The molecular formula is C21H24N2O4S. The Morgan fingerprint density at radius 2 is 1.82 bits per heavy atom. The molecular weight excluding hydrogens is 376 g/mol. The van der Waals surface area contributed by atoms with Gasteiger partial charge in [-0.15, -0.1) is 0 Å². The summed E-state index contributed by atoms with van der Waals surface area (Å²) in [4.78, 5) is 0. The zero-order chi connectivity index (χ0) is 20.3. The fourth-order valence-electron chi connectivity index (χ4n) is 3.27. The molecule has 4 atom stereocenters. The third-order valence-electron chi connectivity index (χ3n) is 4.70. The van der Waals surface area contributed by atoms with Gasteiger partial charge in [0.1, 0.15) is 17.3 Å². The van der Waals surface area contributed by atoms with E-state index in [9.17, 15) is 15.3 Å². The molecule has 2 aromatic rings. The van der Waals surface area contributed by atoms with Gasteiger partial charge in [0, 0.05) is 12.0 Å². The lowest BCUT2D eigenvalue weighted by Crippen LogP contribution is -2.44. The maximum absolute atomic E-state index is 10.3. The molecule has 2 aromatic carbocycles. The Hall–Kier alpha value is -2.03. The van der Waals surface area contributed by atoms with Crippen LogP contribution in [0.4, 0.5) is 0 Å². The summed E-state index contributed by atoms with van der Waals surface area (Å²) < 4.78 is 5.77. The van der Waals surface area contributed by atoms with E-state index in [4.69, 9.17) is 15.6 Å². The quantitative estimate of drug-likeness (QED) is 0.399. The number of thioether (sulfide) groups is 1. The molecule has 0 amide bonds. The van der Waals surface area contributed by atoms with E-state index in [0.29, 0.717) is 10.1 Å². The van der Waals surface area contributed by atoms with Gasteiger partial charge in [0.15, 0.2) is 0 Å². The highest BCUT2D eigenvalue weighted by molar-refractivity contribution is 8.26. The lowest BCUT2D eigenvalue weighted by atomic mass is 9.91. The number of hydrogen-bond acceptors (Lipinski definition) is 7. The molecule has 1 aliphatic heterocycles. The number of benzene rings is 2. The topological polar surface area (TPSA) is 118 Å². The molecule has 0 bridgehead atoms.